The number of rotatable bonds is 6. The zero-order chi connectivity index (χ0) is 18.4. The number of amides is 1. The van der Waals surface area contributed by atoms with E-state index in [-0.39, 0.29) is 11.9 Å². The number of nitrogens with one attached hydrogen (secondary N) is 1. The number of benzene rings is 2. The van der Waals surface area contributed by atoms with Crippen LogP contribution in [0, 0.1) is 13.8 Å². The summed E-state index contributed by atoms with van der Waals surface area (Å²) >= 11 is 0. The molecule has 1 aromatic heterocycles. The lowest BCUT2D eigenvalue weighted by atomic mass is 10.0. The molecule has 2 aromatic carbocycles. The molecule has 3 nitrogen and oxygen atoms in total. The van der Waals surface area contributed by atoms with Gasteiger partial charge in [0.25, 0.3) is 0 Å². The second kappa shape index (κ2) is 8.43. The fourth-order valence-electron chi connectivity index (χ4n) is 3.13. The normalized spacial score (nSPS) is 11.8. The third kappa shape index (κ3) is 4.57. The smallest absolute Gasteiger partial charge is 0.221 e. The highest BCUT2D eigenvalue weighted by Crippen LogP contribution is 2.20. The van der Waals surface area contributed by atoms with Crippen LogP contribution in [0.2, 0.25) is 0 Å². The van der Waals surface area contributed by atoms with Crippen LogP contribution in [-0.4, -0.2) is 10.9 Å². The second-order valence-electron chi connectivity index (χ2n) is 6.60. The summed E-state index contributed by atoms with van der Waals surface area (Å²) in [5.74, 6) is 0.0319. The first kappa shape index (κ1) is 17.9. The average molecular weight is 344 g/mol. The van der Waals surface area contributed by atoms with Crippen LogP contribution in [0.3, 0.4) is 0 Å². The van der Waals surface area contributed by atoms with Crippen molar-refractivity contribution < 1.29 is 4.79 Å². The Balaban J connectivity index is 1.71. The molecule has 3 rings (SSSR count). The molecule has 1 N–H and O–H groups in total. The minimum absolute atomic E-state index is 0.0319. The third-order valence-electron chi connectivity index (χ3n) is 4.54. The number of nitrogens with zero attached hydrogens (tertiary/aromatic N) is 1. The molecule has 1 heterocycles. The number of hydrogen-bond donors (Lipinski definition) is 1. The molecule has 0 spiro atoms. The maximum atomic E-state index is 12.6. The van der Waals surface area contributed by atoms with Gasteiger partial charge in [-0.2, -0.15) is 0 Å². The Morgan fingerprint density at radius 3 is 2.46 bits per heavy atom. The van der Waals surface area contributed by atoms with Crippen LogP contribution in [0.25, 0.3) is 0 Å². The van der Waals surface area contributed by atoms with Crippen molar-refractivity contribution in [1.29, 1.82) is 0 Å². The van der Waals surface area contributed by atoms with Gasteiger partial charge < -0.3 is 5.32 Å². The van der Waals surface area contributed by atoms with Gasteiger partial charge >= 0.3 is 0 Å². The van der Waals surface area contributed by atoms with Crippen LogP contribution >= 0.6 is 0 Å². The van der Waals surface area contributed by atoms with Gasteiger partial charge in [-0.05, 0) is 49.1 Å². The predicted octanol–water partition coefficient (Wildman–Crippen LogP) is 4.54. The van der Waals surface area contributed by atoms with Crippen molar-refractivity contribution in [3.63, 3.8) is 0 Å². The standard InChI is InChI=1S/C23H24N2O/c1-17-11-12-19(18(2)16-17)13-14-22(26)25-23(20-8-4-3-5-9-20)21-10-6-7-15-24-21/h3-12,15-16,23H,13-14H2,1-2H3,(H,25,26). The summed E-state index contributed by atoms with van der Waals surface area (Å²) in [4.78, 5) is 17.0. The molecule has 26 heavy (non-hydrogen) atoms. The van der Waals surface area contributed by atoms with E-state index in [1.807, 2.05) is 48.5 Å². The molecular weight excluding hydrogens is 320 g/mol. The number of carbonyl (C=O) groups is 1. The van der Waals surface area contributed by atoms with E-state index >= 15 is 0 Å². The number of aryl methyl sites for hydroxylation is 3. The summed E-state index contributed by atoms with van der Waals surface area (Å²) in [5, 5.41) is 3.15. The molecule has 3 heteroatoms. The molecule has 3 aromatic rings. The SMILES string of the molecule is Cc1ccc(CCC(=O)NC(c2ccccc2)c2ccccn2)c(C)c1. The van der Waals surface area contributed by atoms with Crippen LogP contribution in [-0.2, 0) is 11.2 Å². The van der Waals surface area contributed by atoms with Gasteiger partial charge in [0.05, 0.1) is 11.7 Å². The van der Waals surface area contributed by atoms with E-state index in [1.54, 1.807) is 6.20 Å². The molecule has 1 atom stereocenters. The molecule has 0 aliphatic heterocycles. The van der Waals surface area contributed by atoms with E-state index in [2.05, 4.69) is 42.3 Å². The summed E-state index contributed by atoms with van der Waals surface area (Å²) in [6.07, 6.45) is 2.95. The molecule has 132 valence electrons. The summed E-state index contributed by atoms with van der Waals surface area (Å²) < 4.78 is 0. The van der Waals surface area contributed by atoms with Crippen molar-refractivity contribution in [2.75, 3.05) is 0 Å². The highest BCUT2D eigenvalue weighted by atomic mass is 16.1. The largest absolute Gasteiger partial charge is 0.344 e. The zero-order valence-electron chi connectivity index (χ0n) is 15.3. The van der Waals surface area contributed by atoms with E-state index in [1.165, 1.54) is 16.7 Å². The Hall–Kier alpha value is -2.94. The van der Waals surface area contributed by atoms with Gasteiger partial charge in [-0.1, -0.05) is 60.2 Å². The topological polar surface area (TPSA) is 42.0 Å². The van der Waals surface area contributed by atoms with Crippen molar-refractivity contribution in [1.82, 2.24) is 10.3 Å². The Morgan fingerprint density at radius 2 is 1.77 bits per heavy atom. The molecule has 0 radical (unpaired) electrons. The molecule has 0 saturated carbocycles. The molecule has 0 aliphatic rings. The Kier molecular flexibility index (Phi) is 5.80. The maximum absolute atomic E-state index is 12.6. The van der Waals surface area contributed by atoms with Gasteiger partial charge in [0.15, 0.2) is 0 Å². The van der Waals surface area contributed by atoms with Crippen molar-refractivity contribution >= 4 is 5.91 Å². The first-order valence-electron chi connectivity index (χ1n) is 8.95. The van der Waals surface area contributed by atoms with Gasteiger partial charge in [-0.3, -0.25) is 9.78 Å². The number of hydrogen-bond acceptors (Lipinski definition) is 2. The van der Waals surface area contributed by atoms with Gasteiger partial charge in [0.1, 0.15) is 0 Å². The first-order chi connectivity index (χ1) is 12.6. The Labute approximate surface area is 155 Å². The minimum atomic E-state index is -0.232. The van der Waals surface area contributed by atoms with Crippen molar-refractivity contribution in [3.8, 4) is 0 Å². The lowest BCUT2D eigenvalue weighted by Gasteiger charge is -2.19. The quantitative estimate of drug-likeness (QED) is 0.713. The van der Waals surface area contributed by atoms with Crippen LogP contribution in [0.4, 0.5) is 0 Å². The van der Waals surface area contributed by atoms with E-state index in [0.717, 1.165) is 17.7 Å². The maximum Gasteiger partial charge on any atom is 0.221 e. The summed E-state index contributed by atoms with van der Waals surface area (Å²) in [7, 11) is 0. The van der Waals surface area contributed by atoms with Gasteiger partial charge in [0, 0.05) is 12.6 Å². The second-order valence-corrected chi connectivity index (χ2v) is 6.60. The fourth-order valence-corrected chi connectivity index (χ4v) is 3.13. The number of aromatic nitrogens is 1. The molecule has 1 amide bonds. The molecule has 0 bridgehead atoms. The highest BCUT2D eigenvalue weighted by Gasteiger charge is 2.17. The lowest BCUT2D eigenvalue weighted by molar-refractivity contribution is -0.121. The van der Waals surface area contributed by atoms with Crippen molar-refractivity contribution in [3.05, 3.63) is 101 Å². The molecule has 0 saturated heterocycles. The van der Waals surface area contributed by atoms with E-state index in [0.29, 0.717) is 6.42 Å². The average Bonchev–Trinajstić information content (AvgIpc) is 2.67. The van der Waals surface area contributed by atoms with E-state index in [9.17, 15) is 4.79 Å². The first-order valence-corrected chi connectivity index (χ1v) is 8.95. The van der Waals surface area contributed by atoms with Crippen LogP contribution < -0.4 is 5.32 Å². The fraction of sp³-hybridized carbons (Fsp3) is 0.217. The molecular formula is C23H24N2O. The van der Waals surface area contributed by atoms with E-state index < -0.39 is 0 Å². The van der Waals surface area contributed by atoms with Crippen LogP contribution in [0.5, 0.6) is 0 Å². The highest BCUT2D eigenvalue weighted by molar-refractivity contribution is 5.77. The zero-order valence-corrected chi connectivity index (χ0v) is 15.3. The monoisotopic (exact) mass is 344 g/mol. The Bertz CT molecular complexity index is 820. The number of carbonyl (C=O) groups excluding carboxylic acids is 1. The third-order valence-corrected chi connectivity index (χ3v) is 4.54. The minimum Gasteiger partial charge on any atom is -0.344 e. The lowest BCUT2D eigenvalue weighted by Crippen LogP contribution is -2.30. The number of pyridine rings is 1. The van der Waals surface area contributed by atoms with Crippen LogP contribution in [0.15, 0.2) is 72.9 Å². The van der Waals surface area contributed by atoms with Gasteiger partial charge in [-0.15, -0.1) is 0 Å². The van der Waals surface area contributed by atoms with Crippen molar-refractivity contribution in [2.45, 2.75) is 32.7 Å². The molecule has 0 fully saturated rings. The van der Waals surface area contributed by atoms with Gasteiger partial charge in [-0.25, -0.2) is 0 Å². The van der Waals surface area contributed by atoms with Gasteiger partial charge in [0.2, 0.25) is 5.91 Å². The molecule has 1 unspecified atom stereocenters. The Morgan fingerprint density at radius 1 is 1.00 bits per heavy atom. The summed E-state index contributed by atoms with van der Waals surface area (Å²) in [5.41, 5.74) is 5.58. The summed E-state index contributed by atoms with van der Waals surface area (Å²) in [6, 6.07) is 21.9. The summed E-state index contributed by atoms with van der Waals surface area (Å²) in [6.45, 7) is 4.18. The molecule has 0 aliphatic carbocycles. The van der Waals surface area contributed by atoms with Crippen LogP contribution in [0.1, 0.15) is 40.4 Å². The predicted molar refractivity (Wildman–Crippen MR) is 105 cm³/mol. The van der Waals surface area contributed by atoms with E-state index in [4.69, 9.17) is 0 Å². The van der Waals surface area contributed by atoms with Crippen molar-refractivity contribution in [2.24, 2.45) is 0 Å².